The summed E-state index contributed by atoms with van der Waals surface area (Å²) >= 11 is 1.65. The normalized spacial score (nSPS) is 10.3. The molecule has 5 heteroatoms. The largest absolute Gasteiger partial charge is 0.370 e. The van der Waals surface area contributed by atoms with Crippen LogP contribution < -0.4 is 10.6 Å². The number of aryl methyl sites for hydroxylation is 1. The highest BCUT2D eigenvalue weighted by Gasteiger charge is 2.08. The number of amides is 1. The molecule has 20 heavy (non-hydrogen) atoms. The molecule has 2 rings (SSSR count). The van der Waals surface area contributed by atoms with Crippen LogP contribution in [0.15, 0.2) is 29.0 Å². The molecule has 0 spiro atoms. The summed E-state index contributed by atoms with van der Waals surface area (Å²) in [5.41, 5.74) is 2.81. The van der Waals surface area contributed by atoms with Crippen LogP contribution >= 0.6 is 11.3 Å². The highest BCUT2D eigenvalue weighted by molar-refractivity contribution is 7.08. The van der Waals surface area contributed by atoms with Crippen molar-refractivity contribution in [1.29, 1.82) is 0 Å². The third-order valence-electron chi connectivity index (χ3n) is 2.94. The molecule has 106 valence electrons. The number of pyridine rings is 1. The highest BCUT2D eigenvalue weighted by Crippen LogP contribution is 2.13. The topological polar surface area (TPSA) is 54.0 Å². The fourth-order valence-corrected chi connectivity index (χ4v) is 2.60. The van der Waals surface area contributed by atoms with Gasteiger partial charge in [0.1, 0.15) is 11.5 Å². The standard InChI is InChI=1S/C15H19N3OS/c1-3-7-16-14-6-4-5-13(18-14)15(19)17-8-12-10-20-9-11(12)2/h4-6,9-10H,3,7-8H2,1-2H3,(H,16,18)(H,17,19). The molecule has 0 aliphatic heterocycles. The Hall–Kier alpha value is -1.88. The molecule has 1 amide bonds. The molecule has 2 N–H and O–H groups in total. The van der Waals surface area contributed by atoms with Gasteiger partial charge in [-0.15, -0.1) is 0 Å². The van der Waals surface area contributed by atoms with Crippen molar-refractivity contribution in [2.24, 2.45) is 0 Å². The minimum atomic E-state index is -0.143. The summed E-state index contributed by atoms with van der Waals surface area (Å²) < 4.78 is 0. The van der Waals surface area contributed by atoms with Crippen molar-refractivity contribution in [3.8, 4) is 0 Å². The number of rotatable bonds is 6. The second-order valence-electron chi connectivity index (χ2n) is 4.60. The number of anilines is 1. The summed E-state index contributed by atoms with van der Waals surface area (Å²) in [5.74, 6) is 0.599. The average Bonchev–Trinajstić information content (AvgIpc) is 2.88. The average molecular weight is 289 g/mol. The van der Waals surface area contributed by atoms with Crippen molar-refractivity contribution in [2.45, 2.75) is 26.8 Å². The SMILES string of the molecule is CCCNc1cccc(C(=O)NCc2cscc2C)n1. The van der Waals surface area contributed by atoms with Gasteiger partial charge in [-0.1, -0.05) is 13.0 Å². The molecule has 0 bridgehead atoms. The van der Waals surface area contributed by atoms with E-state index in [9.17, 15) is 4.79 Å². The predicted molar refractivity (Wildman–Crippen MR) is 83.2 cm³/mol. The van der Waals surface area contributed by atoms with Gasteiger partial charge in [-0.3, -0.25) is 4.79 Å². The van der Waals surface area contributed by atoms with E-state index in [4.69, 9.17) is 0 Å². The molecule has 0 unspecified atom stereocenters. The van der Waals surface area contributed by atoms with Crippen LogP contribution in [0.1, 0.15) is 35.0 Å². The summed E-state index contributed by atoms with van der Waals surface area (Å²) in [4.78, 5) is 16.4. The van der Waals surface area contributed by atoms with Gasteiger partial charge in [0.25, 0.3) is 5.91 Å². The lowest BCUT2D eigenvalue weighted by Crippen LogP contribution is -2.24. The van der Waals surface area contributed by atoms with E-state index in [1.807, 2.05) is 19.1 Å². The summed E-state index contributed by atoms with van der Waals surface area (Å²) in [7, 11) is 0. The Kier molecular flexibility index (Phi) is 5.12. The molecule has 0 atom stereocenters. The van der Waals surface area contributed by atoms with Crippen molar-refractivity contribution in [3.05, 3.63) is 45.8 Å². The van der Waals surface area contributed by atoms with Crippen LogP contribution in [0.25, 0.3) is 0 Å². The van der Waals surface area contributed by atoms with Crippen LogP contribution in [0.4, 0.5) is 5.82 Å². The van der Waals surface area contributed by atoms with E-state index in [-0.39, 0.29) is 5.91 Å². The fourth-order valence-electron chi connectivity index (χ4n) is 1.75. The number of nitrogens with one attached hydrogen (secondary N) is 2. The van der Waals surface area contributed by atoms with Crippen molar-refractivity contribution in [2.75, 3.05) is 11.9 Å². The summed E-state index contributed by atoms with van der Waals surface area (Å²) in [6.07, 6.45) is 1.02. The maximum absolute atomic E-state index is 12.1. The Morgan fingerprint density at radius 1 is 1.35 bits per heavy atom. The third kappa shape index (κ3) is 3.81. The number of thiophene rings is 1. The number of nitrogens with zero attached hydrogens (tertiary/aromatic N) is 1. The Morgan fingerprint density at radius 2 is 2.20 bits per heavy atom. The zero-order chi connectivity index (χ0) is 14.4. The van der Waals surface area contributed by atoms with Gasteiger partial charge in [-0.2, -0.15) is 11.3 Å². The van der Waals surface area contributed by atoms with E-state index in [0.29, 0.717) is 12.2 Å². The zero-order valence-corrected chi connectivity index (χ0v) is 12.6. The fraction of sp³-hybridized carbons (Fsp3) is 0.333. The molecule has 2 aromatic heterocycles. The highest BCUT2D eigenvalue weighted by atomic mass is 32.1. The summed E-state index contributed by atoms with van der Waals surface area (Å²) in [6.45, 7) is 5.53. The molecule has 0 aliphatic carbocycles. The molecule has 0 aliphatic rings. The first-order valence-corrected chi connectivity index (χ1v) is 7.65. The van der Waals surface area contributed by atoms with Crippen molar-refractivity contribution >= 4 is 23.1 Å². The van der Waals surface area contributed by atoms with Gasteiger partial charge in [-0.05, 0) is 47.4 Å². The van der Waals surface area contributed by atoms with Crippen LogP contribution in [0.3, 0.4) is 0 Å². The molecule has 2 heterocycles. The van der Waals surface area contributed by atoms with Gasteiger partial charge in [0.05, 0.1) is 0 Å². The van der Waals surface area contributed by atoms with Gasteiger partial charge < -0.3 is 10.6 Å². The first-order valence-electron chi connectivity index (χ1n) is 6.71. The van der Waals surface area contributed by atoms with Gasteiger partial charge >= 0.3 is 0 Å². The second kappa shape index (κ2) is 7.05. The third-order valence-corrected chi connectivity index (χ3v) is 3.85. The van der Waals surface area contributed by atoms with Crippen LogP contribution in [-0.2, 0) is 6.54 Å². The monoisotopic (exact) mass is 289 g/mol. The van der Waals surface area contributed by atoms with Crippen LogP contribution in [0.5, 0.6) is 0 Å². The van der Waals surface area contributed by atoms with Crippen molar-refractivity contribution in [1.82, 2.24) is 10.3 Å². The van der Waals surface area contributed by atoms with E-state index in [2.05, 4.69) is 33.3 Å². The predicted octanol–water partition coefficient (Wildman–Crippen LogP) is 3.20. The van der Waals surface area contributed by atoms with E-state index < -0.39 is 0 Å². The quantitative estimate of drug-likeness (QED) is 0.858. The second-order valence-corrected chi connectivity index (χ2v) is 5.34. The minimum absolute atomic E-state index is 0.143. The molecule has 0 saturated heterocycles. The number of carbonyl (C=O) groups excluding carboxylic acids is 1. The smallest absolute Gasteiger partial charge is 0.270 e. The molecular formula is C15H19N3OS. The Balaban J connectivity index is 1.96. The van der Waals surface area contributed by atoms with E-state index in [1.54, 1.807) is 17.4 Å². The van der Waals surface area contributed by atoms with Crippen molar-refractivity contribution in [3.63, 3.8) is 0 Å². The number of hydrogen-bond donors (Lipinski definition) is 2. The molecule has 4 nitrogen and oxygen atoms in total. The van der Waals surface area contributed by atoms with Gasteiger partial charge in [0, 0.05) is 13.1 Å². The van der Waals surface area contributed by atoms with Crippen LogP contribution in [0, 0.1) is 6.92 Å². The van der Waals surface area contributed by atoms with Crippen molar-refractivity contribution < 1.29 is 4.79 Å². The lowest BCUT2D eigenvalue weighted by Gasteiger charge is -2.07. The van der Waals surface area contributed by atoms with Gasteiger partial charge in [0.15, 0.2) is 0 Å². The summed E-state index contributed by atoms with van der Waals surface area (Å²) in [6, 6.07) is 5.44. The Bertz CT molecular complexity index is 580. The minimum Gasteiger partial charge on any atom is -0.370 e. The maximum atomic E-state index is 12.1. The molecule has 0 fully saturated rings. The lowest BCUT2D eigenvalue weighted by atomic mass is 10.2. The Labute approximate surface area is 123 Å². The van der Waals surface area contributed by atoms with Crippen LogP contribution in [-0.4, -0.2) is 17.4 Å². The van der Waals surface area contributed by atoms with E-state index in [1.165, 1.54) is 5.56 Å². The number of carbonyl (C=O) groups is 1. The molecule has 0 radical (unpaired) electrons. The van der Waals surface area contributed by atoms with E-state index in [0.717, 1.165) is 24.3 Å². The lowest BCUT2D eigenvalue weighted by molar-refractivity contribution is 0.0946. The number of aromatic nitrogens is 1. The first-order chi connectivity index (χ1) is 9.70. The molecule has 0 aromatic carbocycles. The van der Waals surface area contributed by atoms with Gasteiger partial charge in [0.2, 0.25) is 0 Å². The van der Waals surface area contributed by atoms with E-state index >= 15 is 0 Å². The van der Waals surface area contributed by atoms with Gasteiger partial charge in [-0.25, -0.2) is 4.98 Å². The first kappa shape index (κ1) is 14.5. The van der Waals surface area contributed by atoms with Crippen LogP contribution in [0.2, 0.25) is 0 Å². The molecular weight excluding hydrogens is 270 g/mol. The summed E-state index contributed by atoms with van der Waals surface area (Å²) in [5, 5.41) is 10.2. The number of hydrogen-bond acceptors (Lipinski definition) is 4. The molecule has 2 aromatic rings. The molecule has 0 saturated carbocycles. The maximum Gasteiger partial charge on any atom is 0.270 e. The zero-order valence-electron chi connectivity index (χ0n) is 11.8. The Morgan fingerprint density at radius 3 is 2.90 bits per heavy atom.